The van der Waals surface area contributed by atoms with Gasteiger partial charge in [0, 0.05) is 102 Å². The Balaban J connectivity index is 1.31. The van der Waals surface area contributed by atoms with Gasteiger partial charge in [0.05, 0.1) is 184 Å². The maximum Gasteiger partial charge on any atom is 0.253 e. The van der Waals surface area contributed by atoms with Gasteiger partial charge in [-0.1, -0.05) is 6.42 Å². The minimum absolute atomic E-state index is 0.0123. The lowest BCUT2D eigenvalue weighted by Gasteiger charge is -2.20. The van der Waals surface area contributed by atoms with E-state index in [2.05, 4.69) is 16.0 Å². The smallest absolute Gasteiger partial charge is 0.253 e. The van der Waals surface area contributed by atoms with Crippen LogP contribution in [-0.4, -0.2) is 292 Å². The number of ether oxygens (including phenoxy) is 14. The predicted molar refractivity (Wildman–Crippen MR) is 333 cm³/mol. The van der Waals surface area contributed by atoms with Crippen molar-refractivity contribution in [3.63, 3.8) is 0 Å². The van der Waals surface area contributed by atoms with E-state index in [1.165, 1.54) is 12.2 Å². The van der Waals surface area contributed by atoms with Gasteiger partial charge in [-0.3, -0.25) is 57.7 Å². The Kier molecular flexibility index (Phi) is 52.9. The van der Waals surface area contributed by atoms with E-state index in [9.17, 15) is 47.9 Å². The van der Waals surface area contributed by atoms with E-state index in [0.29, 0.717) is 210 Å². The van der Waals surface area contributed by atoms with Crippen LogP contribution in [0.4, 0.5) is 0 Å². The first-order valence-corrected chi connectivity index (χ1v) is 32.3. The molecule has 0 radical (unpaired) electrons. The number of Topliss-reactive ketones (excluding diaryl/α,β-unsaturated/α-hetero) is 2. The van der Waals surface area contributed by atoms with E-state index in [0.717, 1.165) is 22.0 Å². The molecule has 532 valence electrons. The number of primary amides is 1. The van der Waals surface area contributed by atoms with Crippen molar-refractivity contribution in [3.8, 4) is 0 Å². The number of nitrogens with zero attached hydrogens (tertiary/aromatic N) is 2. The van der Waals surface area contributed by atoms with Crippen molar-refractivity contribution in [3.05, 3.63) is 24.3 Å². The summed E-state index contributed by atoms with van der Waals surface area (Å²) in [5, 5.41) is 8.26. The number of ketones is 2. The molecule has 2 rings (SSSR count). The van der Waals surface area contributed by atoms with Gasteiger partial charge in [-0.05, 0) is 45.1 Å². The molecule has 2 unspecified atom stereocenters. The van der Waals surface area contributed by atoms with E-state index in [-0.39, 0.29) is 126 Å². The summed E-state index contributed by atoms with van der Waals surface area (Å²) in [4.78, 5) is 123. The number of hydrogen-bond donors (Lipinski definition) is 5. The first kappa shape index (κ1) is 83.5. The Labute approximate surface area is 546 Å². The monoisotopic (exact) mass is 1330 g/mol. The van der Waals surface area contributed by atoms with Gasteiger partial charge >= 0.3 is 0 Å². The van der Waals surface area contributed by atoms with Crippen molar-refractivity contribution in [1.29, 1.82) is 0 Å². The van der Waals surface area contributed by atoms with Crippen LogP contribution in [-0.2, 0) is 114 Å². The Bertz CT molecular complexity index is 2110. The van der Waals surface area contributed by atoms with Crippen molar-refractivity contribution < 1.29 is 114 Å². The zero-order valence-electron chi connectivity index (χ0n) is 54.3. The van der Waals surface area contributed by atoms with Crippen molar-refractivity contribution in [1.82, 2.24) is 25.8 Å². The number of unbranched alkanes of at least 4 members (excludes halogenated alkanes) is 2. The molecule has 2 atom stereocenters. The highest BCUT2D eigenvalue weighted by Crippen LogP contribution is 2.16. The first-order valence-electron chi connectivity index (χ1n) is 32.3. The second-order valence-electron chi connectivity index (χ2n) is 20.9. The molecular formula is C62H105N7O24. The van der Waals surface area contributed by atoms with Gasteiger partial charge in [0.15, 0.2) is 5.78 Å². The van der Waals surface area contributed by atoms with Crippen LogP contribution in [0.5, 0.6) is 0 Å². The number of amides is 8. The van der Waals surface area contributed by atoms with Crippen molar-refractivity contribution >= 4 is 58.8 Å². The standard InChI is InChI=1S/C62H105N7O24/c63-17-3-1-6-51(62(64)79)50-54(71)53(67-57(74)16-24-82-27-29-83-25-19-66-55(72)14-21-69-60(77)11-12-61(69)78)8-2-4-18-65-56(73)15-23-81-28-31-85-33-35-87-37-39-89-41-43-91-45-47-93-49-48-92-46-44-90-42-40-88-38-36-86-34-32-84-30-26-80-22-5-7-52(70)13-20-68-58(75)9-10-59(68)76/h9-12,51,53H,1-8,13-50,63H2,(H2,64,79)(H,65,73)(H,66,72)(H,67,74). The molecule has 0 fully saturated rings. The van der Waals surface area contributed by atoms with Crippen LogP contribution in [0.25, 0.3) is 0 Å². The number of imide groups is 2. The molecule has 31 heteroatoms. The summed E-state index contributed by atoms with van der Waals surface area (Å²) in [6.07, 6.45) is 8.77. The average molecular weight is 1330 g/mol. The summed E-state index contributed by atoms with van der Waals surface area (Å²) in [5.41, 5.74) is 11.2. The molecule has 0 bridgehead atoms. The van der Waals surface area contributed by atoms with E-state index >= 15 is 0 Å². The van der Waals surface area contributed by atoms with Crippen molar-refractivity contribution in [2.45, 2.75) is 89.5 Å². The van der Waals surface area contributed by atoms with Crippen molar-refractivity contribution in [2.75, 3.05) is 218 Å². The second-order valence-corrected chi connectivity index (χ2v) is 20.9. The fourth-order valence-electron chi connectivity index (χ4n) is 8.41. The van der Waals surface area contributed by atoms with Crippen LogP contribution in [0.2, 0.25) is 0 Å². The minimum Gasteiger partial charge on any atom is -0.379 e. The van der Waals surface area contributed by atoms with Crippen LogP contribution in [0.1, 0.15) is 83.5 Å². The number of nitrogens with one attached hydrogen (secondary N) is 3. The van der Waals surface area contributed by atoms with E-state index in [1.807, 2.05) is 0 Å². The summed E-state index contributed by atoms with van der Waals surface area (Å²) in [6, 6.07) is -0.868. The fraction of sp³-hybridized carbons (Fsp3) is 0.774. The molecule has 0 aromatic rings. The third-order valence-corrected chi connectivity index (χ3v) is 13.5. The lowest BCUT2D eigenvalue weighted by molar-refractivity contribution is -0.139. The van der Waals surface area contributed by atoms with Crippen LogP contribution in [0.15, 0.2) is 24.3 Å². The second kappa shape index (κ2) is 58.9. The molecule has 93 heavy (non-hydrogen) atoms. The molecule has 31 nitrogen and oxygen atoms in total. The highest BCUT2D eigenvalue weighted by atomic mass is 16.6. The van der Waals surface area contributed by atoms with E-state index in [4.69, 9.17) is 77.8 Å². The molecule has 0 aliphatic carbocycles. The molecule has 2 aliphatic heterocycles. The largest absolute Gasteiger partial charge is 0.379 e. The first-order chi connectivity index (χ1) is 45.3. The van der Waals surface area contributed by atoms with Gasteiger partial charge in [-0.15, -0.1) is 0 Å². The maximum absolute atomic E-state index is 13.4. The molecule has 0 saturated heterocycles. The Morgan fingerprint density at radius 1 is 0.366 bits per heavy atom. The summed E-state index contributed by atoms with van der Waals surface area (Å²) >= 11 is 0. The third-order valence-electron chi connectivity index (χ3n) is 13.5. The van der Waals surface area contributed by atoms with E-state index < -0.39 is 35.6 Å². The summed E-state index contributed by atoms with van der Waals surface area (Å²) in [6.45, 7) is 11.5. The quantitative estimate of drug-likeness (QED) is 0.0362. The maximum atomic E-state index is 13.4. The molecule has 0 saturated carbocycles. The van der Waals surface area contributed by atoms with Gasteiger partial charge in [-0.2, -0.15) is 0 Å². The highest BCUT2D eigenvalue weighted by molar-refractivity contribution is 6.13. The number of carbonyl (C=O) groups excluding carboxylic acids is 10. The highest BCUT2D eigenvalue weighted by Gasteiger charge is 2.27. The van der Waals surface area contributed by atoms with Gasteiger partial charge in [0.25, 0.3) is 23.6 Å². The van der Waals surface area contributed by atoms with Gasteiger partial charge in [0.1, 0.15) is 5.78 Å². The summed E-state index contributed by atoms with van der Waals surface area (Å²) < 4.78 is 77.0. The summed E-state index contributed by atoms with van der Waals surface area (Å²) in [5.74, 6) is -4.22. The van der Waals surface area contributed by atoms with Gasteiger partial charge in [-0.25, -0.2) is 0 Å². The van der Waals surface area contributed by atoms with Gasteiger partial charge < -0.3 is 93.7 Å². The Morgan fingerprint density at radius 2 is 0.710 bits per heavy atom. The van der Waals surface area contributed by atoms with Crippen LogP contribution in [0, 0.1) is 5.92 Å². The average Bonchev–Trinajstić information content (AvgIpc) is 2.25. The molecule has 2 heterocycles. The Hall–Kier alpha value is -5.62. The topological polar surface area (TPSA) is 395 Å². The van der Waals surface area contributed by atoms with Gasteiger partial charge in [0.2, 0.25) is 23.6 Å². The molecular weight excluding hydrogens is 1230 g/mol. The fourth-order valence-corrected chi connectivity index (χ4v) is 8.41. The number of carbonyl (C=O) groups is 10. The van der Waals surface area contributed by atoms with E-state index in [1.54, 1.807) is 0 Å². The zero-order chi connectivity index (χ0) is 67.5. The lowest BCUT2D eigenvalue weighted by Crippen LogP contribution is -2.43. The van der Waals surface area contributed by atoms with Crippen LogP contribution in [0.3, 0.4) is 0 Å². The van der Waals surface area contributed by atoms with Crippen LogP contribution < -0.4 is 27.4 Å². The molecule has 2 aliphatic rings. The predicted octanol–water partition coefficient (Wildman–Crippen LogP) is -0.944. The molecule has 0 spiro atoms. The third kappa shape index (κ3) is 47.8. The molecule has 0 aromatic carbocycles. The minimum atomic E-state index is -0.868. The number of hydrogen-bond acceptors (Lipinski definition) is 25. The lowest BCUT2D eigenvalue weighted by atomic mass is 9.91. The molecule has 0 aromatic heterocycles. The van der Waals surface area contributed by atoms with Crippen molar-refractivity contribution in [2.24, 2.45) is 17.4 Å². The Morgan fingerprint density at radius 3 is 1.12 bits per heavy atom. The molecule has 7 N–H and O–H groups in total. The summed E-state index contributed by atoms with van der Waals surface area (Å²) in [7, 11) is 0. The SMILES string of the molecule is NCCCCC(CC(=O)C(CCCCNC(=O)CCOCCOCCOCCOCCOCCOCCOCCOCCOCCOCCOCCOCCCC(=O)CCN1C(=O)C=CC1=O)NC(=O)CCOCCOCCNC(=O)CCN1C(=O)C=CC1=O)C(N)=O. The number of nitrogens with two attached hydrogens (primary N) is 2. The number of rotatable bonds is 69. The normalized spacial score (nSPS) is 13.6. The molecule has 8 amide bonds. The van der Waals surface area contributed by atoms with Crippen LogP contribution >= 0.6 is 0 Å². The zero-order valence-corrected chi connectivity index (χ0v) is 54.3.